The van der Waals surface area contributed by atoms with Crippen molar-refractivity contribution in [3.8, 4) is 0 Å². The van der Waals surface area contributed by atoms with Gasteiger partial charge < -0.3 is 9.88 Å². The van der Waals surface area contributed by atoms with Gasteiger partial charge in [0, 0.05) is 60.0 Å². The molecule has 0 unspecified atom stereocenters. The normalized spacial score (nSPS) is 22.6. The second-order valence-corrected chi connectivity index (χ2v) is 8.84. The highest BCUT2D eigenvalue weighted by Gasteiger charge is 2.42. The van der Waals surface area contributed by atoms with Crippen LogP contribution in [0.3, 0.4) is 0 Å². The zero-order valence-corrected chi connectivity index (χ0v) is 17.0. The summed E-state index contributed by atoms with van der Waals surface area (Å²) in [5, 5.41) is 1.10. The predicted octanol–water partition coefficient (Wildman–Crippen LogP) is 4.00. The highest BCUT2D eigenvalue weighted by atomic mass is 16.2. The Morgan fingerprint density at radius 3 is 2.97 bits per heavy atom. The van der Waals surface area contributed by atoms with Crippen LogP contribution in [0.1, 0.15) is 41.0 Å². The molecule has 1 amide bonds. The molecule has 4 heterocycles. The Balaban J connectivity index is 1.27. The van der Waals surface area contributed by atoms with E-state index in [9.17, 15) is 4.79 Å². The first-order valence-electron chi connectivity index (χ1n) is 10.6. The molecule has 5 rings (SSSR count). The van der Waals surface area contributed by atoms with E-state index in [1.807, 2.05) is 43.5 Å². The van der Waals surface area contributed by atoms with Crippen molar-refractivity contribution in [1.82, 2.24) is 19.8 Å². The summed E-state index contributed by atoms with van der Waals surface area (Å²) in [5.41, 5.74) is 4.33. The van der Waals surface area contributed by atoms with Gasteiger partial charge in [0.1, 0.15) is 0 Å². The molecule has 29 heavy (non-hydrogen) atoms. The lowest BCUT2D eigenvalue weighted by molar-refractivity contribution is 0.0672. The van der Waals surface area contributed by atoms with Gasteiger partial charge in [-0.05, 0) is 69.1 Å². The summed E-state index contributed by atoms with van der Waals surface area (Å²) in [7, 11) is 0. The highest BCUT2D eigenvalue weighted by Crippen LogP contribution is 2.39. The maximum atomic E-state index is 13.1. The molecule has 150 valence electrons. The van der Waals surface area contributed by atoms with E-state index in [1.165, 1.54) is 12.8 Å². The van der Waals surface area contributed by atoms with Gasteiger partial charge >= 0.3 is 0 Å². The Kier molecular flexibility index (Phi) is 4.63. The van der Waals surface area contributed by atoms with Crippen LogP contribution >= 0.6 is 0 Å². The Morgan fingerprint density at radius 2 is 2.07 bits per heavy atom. The lowest BCUT2D eigenvalue weighted by atomic mass is 9.79. The number of hydrogen-bond acceptors (Lipinski definition) is 3. The van der Waals surface area contributed by atoms with Crippen LogP contribution in [0, 0.1) is 12.3 Å². The summed E-state index contributed by atoms with van der Waals surface area (Å²) in [6, 6.07) is 14.2. The van der Waals surface area contributed by atoms with E-state index in [1.54, 1.807) is 0 Å². The van der Waals surface area contributed by atoms with E-state index in [-0.39, 0.29) is 11.3 Å². The lowest BCUT2D eigenvalue weighted by Crippen LogP contribution is -2.45. The standard InChI is InChI=1S/C24H28N4O/c1-18-4-2-5-21(26-18)15-27-12-3-9-24(16-27)10-13-28(17-24)23(29)20-6-7-22-19(14-20)8-11-25-22/h2,4-8,11,14,25H,3,9-10,12-13,15-17H2,1H3/t24-/m0/s1. The maximum absolute atomic E-state index is 13.1. The minimum Gasteiger partial charge on any atom is -0.361 e. The van der Waals surface area contributed by atoms with Crippen LogP contribution in [-0.2, 0) is 6.54 Å². The summed E-state index contributed by atoms with van der Waals surface area (Å²) in [5.74, 6) is 0.169. The summed E-state index contributed by atoms with van der Waals surface area (Å²) in [6.45, 7) is 6.86. The number of fused-ring (bicyclic) bond motifs is 1. The number of nitrogens with one attached hydrogen (secondary N) is 1. The van der Waals surface area contributed by atoms with Crippen LogP contribution in [0.5, 0.6) is 0 Å². The maximum Gasteiger partial charge on any atom is 0.253 e. The average Bonchev–Trinajstić information content (AvgIpc) is 3.34. The molecule has 2 saturated heterocycles. The highest BCUT2D eigenvalue weighted by molar-refractivity contribution is 5.98. The zero-order chi connectivity index (χ0) is 19.8. The number of pyridine rings is 1. The van der Waals surface area contributed by atoms with E-state index < -0.39 is 0 Å². The number of piperidine rings is 1. The van der Waals surface area contributed by atoms with Gasteiger partial charge in [0.2, 0.25) is 0 Å². The van der Waals surface area contributed by atoms with E-state index in [0.717, 1.165) is 67.0 Å². The fourth-order valence-electron chi connectivity index (χ4n) is 5.17. The van der Waals surface area contributed by atoms with Crippen LogP contribution in [0.15, 0.2) is 48.7 Å². The monoisotopic (exact) mass is 388 g/mol. The first-order chi connectivity index (χ1) is 14.1. The second-order valence-electron chi connectivity index (χ2n) is 8.84. The van der Waals surface area contributed by atoms with Crippen molar-refractivity contribution in [2.75, 3.05) is 26.2 Å². The summed E-state index contributed by atoms with van der Waals surface area (Å²) in [6.07, 6.45) is 5.43. The SMILES string of the molecule is Cc1cccc(CN2CCC[C@]3(CCN(C(=O)c4ccc5[nH]ccc5c4)C3)C2)n1. The van der Waals surface area contributed by atoms with Crippen molar-refractivity contribution in [3.05, 3.63) is 65.6 Å². The molecule has 2 aliphatic heterocycles. The Labute approximate surface area is 171 Å². The molecule has 1 atom stereocenters. The molecule has 0 saturated carbocycles. The van der Waals surface area contributed by atoms with Gasteiger partial charge in [-0.15, -0.1) is 0 Å². The quantitative estimate of drug-likeness (QED) is 0.738. The van der Waals surface area contributed by atoms with Crippen LogP contribution < -0.4 is 0 Å². The number of hydrogen-bond donors (Lipinski definition) is 1. The fourth-order valence-corrected chi connectivity index (χ4v) is 5.17. The molecule has 2 aliphatic rings. The predicted molar refractivity (Wildman–Crippen MR) is 115 cm³/mol. The van der Waals surface area contributed by atoms with Gasteiger partial charge in [0.25, 0.3) is 5.91 Å². The Bertz CT molecular complexity index is 1040. The molecule has 2 aromatic heterocycles. The third-order valence-electron chi connectivity index (χ3n) is 6.60. The average molecular weight is 389 g/mol. The summed E-state index contributed by atoms with van der Waals surface area (Å²) < 4.78 is 0. The number of benzene rings is 1. The first-order valence-corrected chi connectivity index (χ1v) is 10.6. The van der Waals surface area contributed by atoms with E-state index in [2.05, 4.69) is 31.9 Å². The number of aromatic amines is 1. The molecule has 1 aromatic carbocycles. The van der Waals surface area contributed by atoms with E-state index in [0.29, 0.717) is 0 Å². The summed E-state index contributed by atoms with van der Waals surface area (Å²) in [4.78, 5) is 25.6. The minimum absolute atomic E-state index is 0.169. The van der Waals surface area contributed by atoms with Crippen molar-refractivity contribution in [1.29, 1.82) is 0 Å². The molecule has 2 fully saturated rings. The first kappa shape index (κ1) is 18.4. The second kappa shape index (κ2) is 7.30. The van der Waals surface area contributed by atoms with Crippen LogP contribution in [-0.4, -0.2) is 51.9 Å². The smallest absolute Gasteiger partial charge is 0.253 e. The largest absolute Gasteiger partial charge is 0.361 e. The number of carbonyl (C=O) groups is 1. The van der Waals surface area contributed by atoms with E-state index >= 15 is 0 Å². The van der Waals surface area contributed by atoms with Gasteiger partial charge in [0.05, 0.1) is 5.69 Å². The number of aryl methyl sites for hydroxylation is 1. The van der Waals surface area contributed by atoms with Crippen molar-refractivity contribution >= 4 is 16.8 Å². The molecular weight excluding hydrogens is 360 g/mol. The topological polar surface area (TPSA) is 52.2 Å². The molecular formula is C24H28N4O. The molecule has 1 spiro atoms. The third-order valence-corrected chi connectivity index (χ3v) is 6.60. The van der Waals surface area contributed by atoms with Gasteiger partial charge in [0.15, 0.2) is 0 Å². The van der Waals surface area contributed by atoms with Crippen molar-refractivity contribution < 1.29 is 4.79 Å². The zero-order valence-electron chi connectivity index (χ0n) is 17.0. The number of H-pyrrole nitrogens is 1. The molecule has 0 radical (unpaired) electrons. The summed E-state index contributed by atoms with van der Waals surface area (Å²) >= 11 is 0. The Morgan fingerprint density at radius 1 is 1.14 bits per heavy atom. The number of aromatic nitrogens is 2. The van der Waals surface area contributed by atoms with Gasteiger partial charge in [-0.1, -0.05) is 6.07 Å². The number of amides is 1. The van der Waals surface area contributed by atoms with Crippen molar-refractivity contribution in [3.63, 3.8) is 0 Å². The van der Waals surface area contributed by atoms with E-state index in [4.69, 9.17) is 0 Å². The number of carbonyl (C=O) groups excluding carboxylic acids is 1. The molecule has 5 nitrogen and oxygen atoms in total. The fraction of sp³-hybridized carbons (Fsp3) is 0.417. The van der Waals surface area contributed by atoms with Crippen LogP contribution in [0.2, 0.25) is 0 Å². The van der Waals surface area contributed by atoms with Crippen LogP contribution in [0.4, 0.5) is 0 Å². The molecule has 0 bridgehead atoms. The van der Waals surface area contributed by atoms with Gasteiger partial charge in [-0.2, -0.15) is 0 Å². The van der Waals surface area contributed by atoms with Gasteiger partial charge in [-0.25, -0.2) is 0 Å². The number of nitrogens with zero attached hydrogens (tertiary/aromatic N) is 3. The molecule has 5 heteroatoms. The van der Waals surface area contributed by atoms with Gasteiger partial charge in [-0.3, -0.25) is 14.7 Å². The van der Waals surface area contributed by atoms with Crippen molar-refractivity contribution in [2.45, 2.75) is 32.7 Å². The molecule has 3 aromatic rings. The minimum atomic E-state index is 0.169. The third kappa shape index (κ3) is 3.67. The number of rotatable bonds is 3. The Hall–Kier alpha value is -2.66. The number of likely N-dealkylation sites (tertiary alicyclic amines) is 2. The molecule has 0 aliphatic carbocycles. The lowest BCUT2D eigenvalue weighted by Gasteiger charge is -2.40. The van der Waals surface area contributed by atoms with Crippen molar-refractivity contribution in [2.24, 2.45) is 5.41 Å². The molecule has 1 N–H and O–H groups in total. The van der Waals surface area contributed by atoms with Crippen LogP contribution in [0.25, 0.3) is 10.9 Å².